The molecule has 1 heterocycles. The van der Waals surface area contributed by atoms with E-state index in [-0.39, 0.29) is 23.5 Å². The summed E-state index contributed by atoms with van der Waals surface area (Å²) in [6, 6.07) is 9.18. The molecule has 0 fully saturated rings. The van der Waals surface area contributed by atoms with Crippen molar-refractivity contribution in [1.82, 2.24) is 4.90 Å². The van der Waals surface area contributed by atoms with Crippen LogP contribution in [0.5, 0.6) is 17.2 Å². The van der Waals surface area contributed by atoms with Crippen molar-refractivity contribution >= 4 is 11.9 Å². The van der Waals surface area contributed by atoms with Gasteiger partial charge in [0.15, 0.2) is 11.5 Å². The molecule has 0 amide bonds. The third-order valence-electron chi connectivity index (χ3n) is 5.40. The molecule has 8 nitrogen and oxygen atoms in total. The summed E-state index contributed by atoms with van der Waals surface area (Å²) in [5.41, 5.74) is 1.61. The maximum Gasteiger partial charge on any atom is 0.336 e. The Bertz CT molecular complexity index is 1090. The zero-order valence-electron chi connectivity index (χ0n) is 19.6. The van der Waals surface area contributed by atoms with Gasteiger partial charge >= 0.3 is 11.9 Å². The van der Waals surface area contributed by atoms with Crippen LogP contribution in [0.4, 0.5) is 4.39 Å². The fraction of sp³-hybridized carbons (Fsp3) is 0.280. The van der Waals surface area contributed by atoms with Gasteiger partial charge in [-0.25, -0.2) is 14.0 Å². The predicted molar refractivity (Wildman–Crippen MR) is 121 cm³/mol. The normalized spacial score (nSPS) is 13.5. The van der Waals surface area contributed by atoms with Gasteiger partial charge in [-0.05, 0) is 23.8 Å². The predicted octanol–water partition coefficient (Wildman–Crippen LogP) is 3.56. The second-order valence-electron chi connectivity index (χ2n) is 7.33. The Labute approximate surface area is 197 Å². The van der Waals surface area contributed by atoms with E-state index < -0.39 is 17.9 Å². The zero-order valence-corrected chi connectivity index (χ0v) is 19.6. The molecule has 0 spiro atoms. The summed E-state index contributed by atoms with van der Waals surface area (Å²) in [6.07, 6.45) is 3.17. The number of methoxy groups -OCH3 is 5. The van der Waals surface area contributed by atoms with Gasteiger partial charge in [-0.1, -0.05) is 12.1 Å². The van der Waals surface area contributed by atoms with Gasteiger partial charge in [-0.2, -0.15) is 0 Å². The molecule has 1 aliphatic rings. The smallest absolute Gasteiger partial charge is 0.336 e. The van der Waals surface area contributed by atoms with Crippen LogP contribution in [0.2, 0.25) is 0 Å². The molecule has 0 aromatic heterocycles. The highest BCUT2D eigenvalue weighted by Gasteiger charge is 2.37. The van der Waals surface area contributed by atoms with E-state index in [0.29, 0.717) is 22.8 Å². The van der Waals surface area contributed by atoms with Gasteiger partial charge in [-0.15, -0.1) is 0 Å². The van der Waals surface area contributed by atoms with Gasteiger partial charge < -0.3 is 28.6 Å². The number of nitrogens with zero attached hydrogens (tertiary/aromatic N) is 1. The van der Waals surface area contributed by atoms with E-state index in [9.17, 15) is 14.0 Å². The second-order valence-corrected chi connectivity index (χ2v) is 7.33. The van der Waals surface area contributed by atoms with Crippen LogP contribution in [0.25, 0.3) is 0 Å². The third kappa shape index (κ3) is 4.98. The lowest BCUT2D eigenvalue weighted by Crippen LogP contribution is -2.29. The Balaban J connectivity index is 2.18. The van der Waals surface area contributed by atoms with Crippen molar-refractivity contribution < 1.29 is 37.7 Å². The number of hydrogen-bond acceptors (Lipinski definition) is 8. The molecule has 2 aromatic carbocycles. The molecular weight excluding hydrogens is 445 g/mol. The molecule has 0 N–H and O–H groups in total. The number of carbonyl (C=O) groups excluding carboxylic acids is 2. The Morgan fingerprint density at radius 2 is 1.29 bits per heavy atom. The topological polar surface area (TPSA) is 83.5 Å². The largest absolute Gasteiger partial charge is 0.496 e. The van der Waals surface area contributed by atoms with E-state index >= 15 is 0 Å². The van der Waals surface area contributed by atoms with Crippen LogP contribution < -0.4 is 14.2 Å². The highest BCUT2D eigenvalue weighted by atomic mass is 19.1. The average molecular weight is 471 g/mol. The van der Waals surface area contributed by atoms with Crippen LogP contribution in [0.15, 0.2) is 59.9 Å². The number of rotatable bonds is 8. The molecule has 2 aromatic rings. The summed E-state index contributed by atoms with van der Waals surface area (Å²) < 4.78 is 39.7. The van der Waals surface area contributed by atoms with Gasteiger partial charge in [0.05, 0.1) is 52.6 Å². The standard InChI is InChI=1S/C25H26FNO7/c1-30-20-11-22(32-3)21(31-2)10-17(20)23-18(24(28)33-4)13-27(14-19(23)25(29)34-5)12-15-6-8-16(26)9-7-15/h6-11,13-14,23H,12H2,1-5H3. The Morgan fingerprint density at radius 1 is 0.794 bits per heavy atom. The maximum atomic E-state index is 13.3. The van der Waals surface area contributed by atoms with E-state index in [2.05, 4.69) is 0 Å². The first-order chi connectivity index (χ1) is 16.4. The highest BCUT2D eigenvalue weighted by Crippen LogP contribution is 2.45. The van der Waals surface area contributed by atoms with E-state index in [4.69, 9.17) is 23.7 Å². The number of hydrogen-bond donors (Lipinski definition) is 0. The lowest BCUT2D eigenvalue weighted by molar-refractivity contribution is -0.137. The summed E-state index contributed by atoms with van der Waals surface area (Å²) in [5, 5.41) is 0. The molecule has 0 radical (unpaired) electrons. The van der Waals surface area contributed by atoms with Gasteiger partial charge in [0, 0.05) is 30.6 Å². The lowest BCUT2D eigenvalue weighted by Gasteiger charge is -2.31. The number of halogens is 1. The first-order valence-corrected chi connectivity index (χ1v) is 10.3. The van der Waals surface area contributed by atoms with Crippen LogP contribution in [0.1, 0.15) is 17.0 Å². The van der Waals surface area contributed by atoms with Gasteiger partial charge in [0.25, 0.3) is 0 Å². The van der Waals surface area contributed by atoms with Crippen molar-refractivity contribution in [3.05, 3.63) is 76.9 Å². The Kier molecular flexibility index (Phi) is 7.78. The Hall–Kier alpha value is -4.01. The maximum absolute atomic E-state index is 13.3. The molecule has 9 heteroatoms. The van der Waals surface area contributed by atoms with E-state index in [1.807, 2.05) is 0 Å². The van der Waals surface area contributed by atoms with Gasteiger partial charge in [0.1, 0.15) is 11.6 Å². The van der Waals surface area contributed by atoms with Crippen LogP contribution >= 0.6 is 0 Å². The van der Waals surface area contributed by atoms with E-state index in [0.717, 1.165) is 5.56 Å². The van der Waals surface area contributed by atoms with Crippen molar-refractivity contribution in [2.24, 2.45) is 0 Å². The van der Waals surface area contributed by atoms with Crippen molar-refractivity contribution in [2.75, 3.05) is 35.5 Å². The molecule has 0 saturated heterocycles. The molecule has 0 bridgehead atoms. The monoisotopic (exact) mass is 471 g/mol. The van der Waals surface area contributed by atoms with Crippen molar-refractivity contribution in [2.45, 2.75) is 12.5 Å². The molecule has 0 unspecified atom stereocenters. The third-order valence-corrected chi connectivity index (χ3v) is 5.40. The average Bonchev–Trinajstić information content (AvgIpc) is 2.87. The molecule has 180 valence electrons. The minimum Gasteiger partial charge on any atom is -0.496 e. The number of ether oxygens (including phenoxy) is 5. The minimum absolute atomic E-state index is 0.179. The molecule has 34 heavy (non-hydrogen) atoms. The summed E-state index contributed by atoms with van der Waals surface area (Å²) in [7, 11) is 6.95. The summed E-state index contributed by atoms with van der Waals surface area (Å²) in [5.74, 6) is -1.33. The van der Waals surface area contributed by atoms with Crippen LogP contribution in [0, 0.1) is 5.82 Å². The minimum atomic E-state index is -0.876. The molecule has 0 saturated carbocycles. The fourth-order valence-electron chi connectivity index (χ4n) is 3.79. The van der Waals surface area contributed by atoms with E-state index in [1.165, 1.54) is 47.7 Å². The second kappa shape index (κ2) is 10.7. The zero-order chi connectivity index (χ0) is 24.8. The number of benzene rings is 2. The molecule has 0 atom stereocenters. The van der Waals surface area contributed by atoms with Gasteiger partial charge in [0.2, 0.25) is 0 Å². The fourth-order valence-corrected chi connectivity index (χ4v) is 3.79. The van der Waals surface area contributed by atoms with Crippen molar-refractivity contribution in [1.29, 1.82) is 0 Å². The Morgan fingerprint density at radius 3 is 1.76 bits per heavy atom. The van der Waals surface area contributed by atoms with Crippen LogP contribution in [0.3, 0.4) is 0 Å². The molecule has 0 aliphatic carbocycles. The van der Waals surface area contributed by atoms with Crippen molar-refractivity contribution in [3.63, 3.8) is 0 Å². The van der Waals surface area contributed by atoms with Crippen molar-refractivity contribution in [3.8, 4) is 17.2 Å². The number of esters is 2. The summed E-state index contributed by atoms with van der Waals surface area (Å²) in [6.45, 7) is 0.275. The molecule has 3 rings (SSSR count). The molecule has 1 aliphatic heterocycles. The first-order valence-electron chi connectivity index (χ1n) is 10.3. The quantitative estimate of drug-likeness (QED) is 0.541. The summed E-state index contributed by atoms with van der Waals surface area (Å²) in [4.78, 5) is 27.4. The SMILES string of the molecule is COC(=O)C1=CN(Cc2ccc(F)cc2)C=C(C(=O)OC)C1c1cc(OC)c(OC)cc1OC. The van der Waals surface area contributed by atoms with Crippen LogP contribution in [-0.4, -0.2) is 52.4 Å². The van der Waals surface area contributed by atoms with Crippen LogP contribution in [-0.2, 0) is 25.6 Å². The van der Waals surface area contributed by atoms with E-state index in [1.54, 1.807) is 41.6 Å². The number of carbonyl (C=O) groups is 2. The lowest BCUT2D eigenvalue weighted by atomic mass is 9.82. The molecular formula is C25H26FNO7. The van der Waals surface area contributed by atoms with Gasteiger partial charge in [-0.3, -0.25) is 0 Å². The first kappa shape index (κ1) is 24.6. The highest BCUT2D eigenvalue weighted by molar-refractivity contribution is 5.99. The summed E-state index contributed by atoms with van der Waals surface area (Å²) >= 11 is 0.